The number of hydrogen-bond donors (Lipinski definition) is 2. The number of nitrogens with two attached hydrogens (primary N) is 1. The number of aromatic nitrogens is 2. The second-order valence-corrected chi connectivity index (χ2v) is 4.20. The van der Waals surface area contributed by atoms with Crippen LogP contribution in [0.4, 0.5) is 20.5 Å². The Labute approximate surface area is 118 Å². The predicted molar refractivity (Wildman–Crippen MR) is 71.9 cm³/mol. The minimum atomic E-state index is -2.83. The van der Waals surface area contributed by atoms with E-state index in [1.54, 1.807) is 12.1 Å². The summed E-state index contributed by atoms with van der Waals surface area (Å²) in [5.74, 6) is 0.661. The van der Waals surface area contributed by atoms with E-state index in [1.807, 2.05) is 0 Å². The van der Waals surface area contributed by atoms with Crippen LogP contribution in [0, 0.1) is 0 Å². The zero-order valence-electron chi connectivity index (χ0n) is 10.2. The van der Waals surface area contributed by atoms with Crippen LogP contribution in [-0.2, 0) is 6.54 Å². The van der Waals surface area contributed by atoms with Crippen LogP contribution in [0.25, 0.3) is 0 Å². The Hall–Kier alpha value is -2.15. The van der Waals surface area contributed by atoms with E-state index in [1.165, 1.54) is 18.2 Å². The lowest BCUT2D eigenvalue weighted by Gasteiger charge is -2.08. The van der Waals surface area contributed by atoms with Crippen molar-refractivity contribution in [2.24, 2.45) is 0 Å². The van der Waals surface area contributed by atoms with E-state index in [0.29, 0.717) is 12.4 Å². The highest BCUT2D eigenvalue weighted by atomic mass is 35.5. The molecule has 5 nitrogen and oxygen atoms in total. The number of benzene rings is 1. The quantitative estimate of drug-likeness (QED) is 0.831. The largest absolute Gasteiger partial charge is 0.435 e. The molecule has 0 radical (unpaired) electrons. The molecule has 2 aromatic rings. The number of alkyl halides is 2. The fraction of sp³-hybridized carbons (Fsp3) is 0.167. The van der Waals surface area contributed by atoms with E-state index in [9.17, 15) is 8.78 Å². The standard InChI is InChI=1S/C12H11ClF2N4O/c13-9-5-10(19-12(16)18-9)17-6-7-1-3-8(4-2-7)20-11(14)15/h1-5,11H,6H2,(H3,16,17,18,19). The van der Waals surface area contributed by atoms with E-state index in [-0.39, 0.29) is 16.9 Å². The molecule has 0 spiro atoms. The molecule has 0 unspecified atom stereocenters. The summed E-state index contributed by atoms with van der Waals surface area (Å²) in [6.45, 7) is -2.40. The summed E-state index contributed by atoms with van der Waals surface area (Å²) in [7, 11) is 0. The van der Waals surface area contributed by atoms with Crippen molar-refractivity contribution < 1.29 is 13.5 Å². The molecule has 0 saturated carbocycles. The average molecular weight is 301 g/mol. The van der Waals surface area contributed by atoms with Crippen molar-refractivity contribution in [1.29, 1.82) is 0 Å². The maximum absolute atomic E-state index is 12.0. The van der Waals surface area contributed by atoms with Gasteiger partial charge in [0.2, 0.25) is 5.95 Å². The van der Waals surface area contributed by atoms with Crippen molar-refractivity contribution in [2.75, 3.05) is 11.1 Å². The number of nitrogens with one attached hydrogen (secondary N) is 1. The molecule has 0 saturated heterocycles. The Morgan fingerprint density at radius 3 is 2.55 bits per heavy atom. The minimum Gasteiger partial charge on any atom is -0.435 e. The Morgan fingerprint density at radius 2 is 1.95 bits per heavy atom. The molecule has 20 heavy (non-hydrogen) atoms. The molecular formula is C12H11ClF2N4O. The first kappa shape index (κ1) is 14.3. The molecule has 0 bridgehead atoms. The van der Waals surface area contributed by atoms with Gasteiger partial charge in [0.15, 0.2) is 0 Å². The molecule has 1 heterocycles. The van der Waals surface area contributed by atoms with Crippen LogP contribution in [0.5, 0.6) is 5.75 Å². The normalized spacial score (nSPS) is 10.6. The van der Waals surface area contributed by atoms with Gasteiger partial charge < -0.3 is 15.8 Å². The Bertz CT molecular complexity index is 560. The SMILES string of the molecule is Nc1nc(Cl)cc(NCc2ccc(OC(F)F)cc2)n1. The fourth-order valence-corrected chi connectivity index (χ4v) is 1.70. The molecule has 106 valence electrons. The first-order valence-corrected chi connectivity index (χ1v) is 5.98. The topological polar surface area (TPSA) is 73.1 Å². The van der Waals surface area contributed by atoms with E-state index < -0.39 is 6.61 Å². The van der Waals surface area contributed by atoms with Gasteiger partial charge in [0.05, 0.1) is 0 Å². The summed E-state index contributed by atoms with van der Waals surface area (Å²) < 4.78 is 28.2. The van der Waals surface area contributed by atoms with Crippen LogP contribution < -0.4 is 15.8 Å². The van der Waals surface area contributed by atoms with Gasteiger partial charge in [-0.2, -0.15) is 13.8 Å². The number of nitrogens with zero attached hydrogens (tertiary/aromatic N) is 2. The monoisotopic (exact) mass is 300 g/mol. The van der Waals surface area contributed by atoms with Gasteiger partial charge in [0.1, 0.15) is 16.7 Å². The van der Waals surface area contributed by atoms with Gasteiger partial charge >= 0.3 is 6.61 Å². The van der Waals surface area contributed by atoms with Crippen molar-refractivity contribution in [2.45, 2.75) is 13.2 Å². The summed E-state index contributed by atoms with van der Waals surface area (Å²) in [6.07, 6.45) is 0. The molecule has 0 aliphatic heterocycles. The summed E-state index contributed by atoms with van der Waals surface area (Å²) in [4.78, 5) is 7.69. The van der Waals surface area contributed by atoms with Crippen LogP contribution in [0.1, 0.15) is 5.56 Å². The lowest BCUT2D eigenvalue weighted by atomic mass is 10.2. The average Bonchev–Trinajstić information content (AvgIpc) is 2.36. The Morgan fingerprint density at radius 1 is 1.25 bits per heavy atom. The number of halogens is 3. The molecule has 0 aliphatic carbocycles. The molecule has 0 aliphatic rings. The molecule has 0 amide bonds. The number of anilines is 2. The number of ether oxygens (including phenoxy) is 1. The van der Waals surface area contributed by atoms with Gasteiger partial charge in [-0.15, -0.1) is 0 Å². The highest BCUT2D eigenvalue weighted by Gasteiger charge is 2.04. The van der Waals surface area contributed by atoms with Crippen molar-refractivity contribution >= 4 is 23.4 Å². The third-order valence-corrected chi connectivity index (χ3v) is 2.53. The Kier molecular flexibility index (Phi) is 4.52. The van der Waals surface area contributed by atoms with Gasteiger partial charge in [-0.25, -0.2) is 4.98 Å². The summed E-state index contributed by atoms with van der Waals surface area (Å²) in [5.41, 5.74) is 6.32. The third kappa shape index (κ3) is 4.20. The fourth-order valence-electron chi connectivity index (χ4n) is 1.51. The van der Waals surface area contributed by atoms with E-state index >= 15 is 0 Å². The predicted octanol–water partition coefficient (Wildman–Crippen LogP) is 2.93. The first-order valence-electron chi connectivity index (χ1n) is 5.60. The van der Waals surface area contributed by atoms with Gasteiger partial charge in [-0.05, 0) is 17.7 Å². The molecule has 3 N–H and O–H groups in total. The van der Waals surface area contributed by atoms with Crippen molar-refractivity contribution in [1.82, 2.24) is 9.97 Å². The number of rotatable bonds is 5. The molecule has 1 aromatic heterocycles. The lowest BCUT2D eigenvalue weighted by Crippen LogP contribution is -2.05. The van der Waals surface area contributed by atoms with Gasteiger partial charge in [-0.1, -0.05) is 23.7 Å². The Balaban J connectivity index is 1.96. The van der Waals surface area contributed by atoms with Crippen LogP contribution in [0.2, 0.25) is 5.15 Å². The molecule has 0 fully saturated rings. The third-order valence-electron chi connectivity index (χ3n) is 2.33. The van der Waals surface area contributed by atoms with Crippen molar-refractivity contribution in [3.05, 3.63) is 41.0 Å². The molecule has 0 atom stereocenters. The highest BCUT2D eigenvalue weighted by molar-refractivity contribution is 6.29. The second-order valence-electron chi connectivity index (χ2n) is 3.81. The molecular weight excluding hydrogens is 290 g/mol. The van der Waals surface area contributed by atoms with Crippen LogP contribution in [-0.4, -0.2) is 16.6 Å². The lowest BCUT2D eigenvalue weighted by molar-refractivity contribution is -0.0498. The molecule has 8 heteroatoms. The van der Waals surface area contributed by atoms with Crippen molar-refractivity contribution in [3.63, 3.8) is 0 Å². The van der Waals surface area contributed by atoms with E-state index in [4.69, 9.17) is 17.3 Å². The number of hydrogen-bond acceptors (Lipinski definition) is 5. The second kappa shape index (κ2) is 6.33. The van der Waals surface area contributed by atoms with Crippen LogP contribution in [0.15, 0.2) is 30.3 Å². The smallest absolute Gasteiger partial charge is 0.387 e. The van der Waals surface area contributed by atoms with E-state index in [2.05, 4.69) is 20.0 Å². The zero-order valence-corrected chi connectivity index (χ0v) is 10.9. The van der Waals surface area contributed by atoms with Crippen LogP contribution >= 0.6 is 11.6 Å². The number of nitrogen functional groups attached to an aromatic ring is 1. The van der Waals surface area contributed by atoms with E-state index in [0.717, 1.165) is 5.56 Å². The summed E-state index contributed by atoms with van der Waals surface area (Å²) in [5, 5.41) is 3.24. The first-order chi connectivity index (χ1) is 9.52. The molecule has 1 aromatic carbocycles. The maximum atomic E-state index is 12.0. The van der Waals surface area contributed by atoms with Crippen molar-refractivity contribution in [3.8, 4) is 5.75 Å². The summed E-state index contributed by atoms with van der Waals surface area (Å²) >= 11 is 5.74. The highest BCUT2D eigenvalue weighted by Crippen LogP contribution is 2.17. The van der Waals surface area contributed by atoms with Gasteiger partial charge in [0, 0.05) is 12.6 Å². The maximum Gasteiger partial charge on any atom is 0.387 e. The zero-order chi connectivity index (χ0) is 14.5. The van der Waals surface area contributed by atoms with Crippen LogP contribution in [0.3, 0.4) is 0 Å². The molecule has 2 rings (SSSR count). The van der Waals surface area contributed by atoms with Gasteiger partial charge in [0.25, 0.3) is 0 Å². The minimum absolute atomic E-state index is 0.0701. The summed E-state index contributed by atoms with van der Waals surface area (Å²) in [6, 6.07) is 7.79. The van der Waals surface area contributed by atoms with Gasteiger partial charge in [-0.3, -0.25) is 0 Å².